The number of aromatic nitrogens is 4. The normalized spacial score (nSPS) is 12.7. The second-order valence-corrected chi connectivity index (χ2v) is 25.4. The molecule has 3 heterocycles. The van der Waals surface area contributed by atoms with E-state index in [0.29, 0.717) is 11.4 Å². The predicted molar refractivity (Wildman–Crippen MR) is 309 cm³/mol. The minimum absolute atomic E-state index is 0. The molecular formula is C68H71N4OPt-. The second kappa shape index (κ2) is 18.7. The zero-order chi connectivity index (χ0) is 52.2. The van der Waals surface area contributed by atoms with E-state index in [1.165, 1.54) is 55.2 Å². The van der Waals surface area contributed by atoms with Crippen LogP contribution < -0.4 is 0 Å². The van der Waals surface area contributed by atoms with Crippen molar-refractivity contribution in [2.24, 2.45) is 0 Å². The molecule has 0 amide bonds. The van der Waals surface area contributed by atoms with Gasteiger partial charge in [-0.3, -0.25) is 9.55 Å². The van der Waals surface area contributed by atoms with Crippen LogP contribution in [-0.4, -0.2) is 24.2 Å². The van der Waals surface area contributed by atoms with E-state index < -0.39 is 0 Å². The number of hydrogen-bond acceptors (Lipinski definition) is 3. The monoisotopic (exact) mass is 1150 g/mol. The molecule has 0 spiro atoms. The van der Waals surface area contributed by atoms with Crippen LogP contribution >= 0.6 is 0 Å². The van der Waals surface area contributed by atoms with Crippen LogP contribution in [0.2, 0.25) is 0 Å². The van der Waals surface area contributed by atoms with E-state index in [2.05, 4.69) is 240 Å². The standard InChI is InChI=1S/C68H71N4O.Pt/c1-64(2,3)45-28-29-58-54(39-45)55-40-56(68(13,14)15)53(41-60(55)71(58)49-22-17-16-18-23-49)42-30-31-69-57(35-42)44-32-43(33-46(34-44)65(4,5)6)51-25-21-26-59-62(51)70-63(52-24-19-20-27-61(52)73)72(59)50-37-47(66(7,8)9)36-48(38-50)67(10,11)12;/h16-31,33-41,73H,1-15H3;/q-1;. The van der Waals surface area contributed by atoms with E-state index in [1.54, 1.807) is 6.07 Å². The molecule has 5 nitrogen and oxygen atoms in total. The van der Waals surface area contributed by atoms with Gasteiger partial charge in [0.25, 0.3) is 0 Å². The van der Waals surface area contributed by atoms with E-state index in [4.69, 9.17) is 9.97 Å². The molecule has 0 saturated carbocycles. The number of para-hydroxylation sites is 3. The van der Waals surface area contributed by atoms with Crippen molar-refractivity contribution in [3.8, 4) is 62.0 Å². The average Bonchev–Trinajstić information content (AvgIpc) is 3.88. The van der Waals surface area contributed by atoms with Gasteiger partial charge in [-0.2, -0.15) is 0 Å². The molecule has 7 aromatic carbocycles. The van der Waals surface area contributed by atoms with Gasteiger partial charge in [0.2, 0.25) is 0 Å². The molecule has 10 rings (SSSR count). The molecule has 0 aliphatic carbocycles. The van der Waals surface area contributed by atoms with Crippen LogP contribution in [0.4, 0.5) is 0 Å². The summed E-state index contributed by atoms with van der Waals surface area (Å²) in [7, 11) is 0. The molecule has 74 heavy (non-hydrogen) atoms. The van der Waals surface area contributed by atoms with Gasteiger partial charge in [0.15, 0.2) is 0 Å². The molecular weight excluding hydrogens is 1080 g/mol. The topological polar surface area (TPSA) is 55.9 Å². The van der Waals surface area contributed by atoms with E-state index >= 15 is 0 Å². The molecule has 10 aromatic rings. The fraction of sp³-hybridized carbons (Fsp3) is 0.294. The molecule has 0 saturated heterocycles. The Hall–Kier alpha value is -6.55. The number of benzene rings is 7. The molecule has 0 unspecified atom stereocenters. The van der Waals surface area contributed by atoms with E-state index in [1.807, 2.05) is 24.4 Å². The molecule has 380 valence electrons. The first-order chi connectivity index (χ1) is 34.3. The van der Waals surface area contributed by atoms with Gasteiger partial charge in [-0.05, 0) is 133 Å². The van der Waals surface area contributed by atoms with Crippen LogP contribution in [-0.2, 0) is 48.1 Å². The Kier molecular flexibility index (Phi) is 13.2. The van der Waals surface area contributed by atoms with E-state index in [-0.39, 0.29) is 53.9 Å². The molecule has 0 atom stereocenters. The fourth-order valence-electron chi connectivity index (χ4n) is 10.3. The van der Waals surface area contributed by atoms with Crippen LogP contribution in [0, 0.1) is 6.07 Å². The van der Waals surface area contributed by atoms with Crippen molar-refractivity contribution < 1.29 is 26.2 Å². The summed E-state index contributed by atoms with van der Waals surface area (Å²) in [6.45, 7) is 34.2. The van der Waals surface area contributed by atoms with Gasteiger partial charge >= 0.3 is 0 Å². The maximum absolute atomic E-state index is 11.5. The zero-order valence-corrected chi connectivity index (χ0v) is 48.3. The predicted octanol–water partition coefficient (Wildman–Crippen LogP) is 18.2. The Bertz CT molecular complexity index is 3730. The SMILES string of the molecule is CC(C)(C)c1cc(-c2cc(-c3cc4c(cc3C(C)(C)C)c3cc(C(C)(C)C)ccc3n4-c3ccccc3)ccn2)[c-]c(-c2cccc3c2nc(-c2ccccc2O)n3-c2cc(C(C)(C)C)cc(C(C)(C)C)c2)c1.[Pt]. The number of fused-ring (bicyclic) bond motifs is 4. The fourth-order valence-corrected chi connectivity index (χ4v) is 10.3. The minimum atomic E-state index is -0.191. The molecule has 0 radical (unpaired) electrons. The molecule has 0 fully saturated rings. The maximum Gasteiger partial charge on any atom is 0.148 e. The second-order valence-electron chi connectivity index (χ2n) is 25.4. The number of phenolic OH excluding ortho intramolecular Hbond substituents is 1. The molecule has 6 heteroatoms. The molecule has 1 N–H and O–H groups in total. The van der Waals surface area contributed by atoms with Crippen molar-refractivity contribution in [2.45, 2.75) is 131 Å². The minimum Gasteiger partial charge on any atom is -0.507 e. The summed E-state index contributed by atoms with van der Waals surface area (Å²) >= 11 is 0. The van der Waals surface area contributed by atoms with Gasteiger partial charge in [-0.15, -0.1) is 29.3 Å². The van der Waals surface area contributed by atoms with Gasteiger partial charge < -0.3 is 9.67 Å². The summed E-state index contributed by atoms with van der Waals surface area (Å²) in [6.07, 6.45) is 1.96. The van der Waals surface area contributed by atoms with Gasteiger partial charge in [0, 0.05) is 55.1 Å². The van der Waals surface area contributed by atoms with Crippen LogP contribution in [0.25, 0.3) is 89.1 Å². The van der Waals surface area contributed by atoms with Crippen LogP contribution in [0.15, 0.2) is 152 Å². The average molecular weight is 1160 g/mol. The summed E-state index contributed by atoms with van der Waals surface area (Å²) < 4.78 is 4.67. The van der Waals surface area contributed by atoms with E-state index in [9.17, 15) is 5.11 Å². The van der Waals surface area contributed by atoms with Gasteiger partial charge in [-0.25, -0.2) is 4.98 Å². The van der Waals surface area contributed by atoms with Crippen molar-refractivity contribution in [1.29, 1.82) is 0 Å². The first-order valence-electron chi connectivity index (χ1n) is 26.0. The van der Waals surface area contributed by atoms with Crippen molar-refractivity contribution in [1.82, 2.24) is 19.1 Å². The summed E-state index contributed by atoms with van der Waals surface area (Å²) in [6, 6.07) is 56.4. The summed E-state index contributed by atoms with van der Waals surface area (Å²) in [5, 5.41) is 14.0. The van der Waals surface area contributed by atoms with Crippen molar-refractivity contribution in [2.75, 3.05) is 0 Å². The Labute approximate surface area is 454 Å². The first-order valence-corrected chi connectivity index (χ1v) is 26.0. The number of hydrogen-bond donors (Lipinski definition) is 1. The van der Waals surface area contributed by atoms with Gasteiger partial charge in [0.05, 0.1) is 27.6 Å². The first kappa shape index (κ1) is 52.3. The van der Waals surface area contributed by atoms with Crippen LogP contribution in [0.1, 0.15) is 132 Å². The largest absolute Gasteiger partial charge is 0.507 e. The smallest absolute Gasteiger partial charge is 0.148 e. The number of imidazole rings is 1. The quantitative estimate of drug-likeness (QED) is 0.169. The third-order valence-corrected chi connectivity index (χ3v) is 14.7. The van der Waals surface area contributed by atoms with Crippen molar-refractivity contribution in [3.63, 3.8) is 0 Å². The number of aromatic hydroxyl groups is 1. The summed E-state index contributed by atoms with van der Waals surface area (Å²) in [5.74, 6) is 0.865. The third-order valence-electron chi connectivity index (χ3n) is 14.7. The van der Waals surface area contributed by atoms with Crippen LogP contribution in [0.3, 0.4) is 0 Å². The van der Waals surface area contributed by atoms with E-state index in [0.717, 1.165) is 50.4 Å². The third kappa shape index (κ3) is 9.70. The Balaban J connectivity index is 0.00000672. The zero-order valence-electron chi connectivity index (χ0n) is 46.0. The summed E-state index contributed by atoms with van der Waals surface area (Å²) in [5.41, 5.74) is 18.6. The maximum atomic E-state index is 11.5. The van der Waals surface area contributed by atoms with Gasteiger partial charge in [0.1, 0.15) is 11.6 Å². The Morgan fingerprint density at radius 1 is 0.432 bits per heavy atom. The number of nitrogens with zero attached hydrogens (tertiary/aromatic N) is 4. The Morgan fingerprint density at radius 3 is 1.66 bits per heavy atom. The number of rotatable bonds is 6. The number of phenols is 1. The molecule has 0 aliphatic rings. The Morgan fingerprint density at radius 2 is 1.03 bits per heavy atom. The number of pyridine rings is 1. The molecule has 0 bridgehead atoms. The van der Waals surface area contributed by atoms with Crippen molar-refractivity contribution in [3.05, 3.63) is 186 Å². The molecule has 3 aromatic heterocycles. The van der Waals surface area contributed by atoms with Gasteiger partial charge in [-0.1, -0.05) is 176 Å². The molecule has 0 aliphatic heterocycles. The van der Waals surface area contributed by atoms with Crippen LogP contribution in [0.5, 0.6) is 5.75 Å². The van der Waals surface area contributed by atoms with Crippen molar-refractivity contribution >= 4 is 32.8 Å². The summed E-state index contributed by atoms with van der Waals surface area (Å²) in [4.78, 5) is 10.6.